The van der Waals surface area contributed by atoms with E-state index in [1.807, 2.05) is 43.3 Å². The van der Waals surface area contributed by atoms with Gasteiger partial charge in [-0.3, -0.25) is 4.99 Å². The summed E-state index contributed by atoms with van der Waals surface area (Å²) in [6.45, 7) is 10.1. The fourth-order valence-electron chi connectivity index (χ4n) is 3.83. The van der Waals surface area contributed by atoms with E-state index < -0.39 is 5.82 Å². The second kappa shape index (κ2) is 14.6. The third-order valence-electron chi connectivity index (χ3n) is 5.84. The van der Waals surface area contributed by atoms with Crippen LogP contribution in [0.4, 0.5) is 4.39 Å². The molecule has 0 fully saturated rings. The zero-order chi connectivity index (χ0) is 26.7. The van der Waals surface area contributed by atoms with Gasteiger partial charge in [0, 0.05) is 45.0 Å². The zero-order valence-electron chi connectivity index (χ0n) is 21.6. The first-order valence-corrected chi connectivity index (χ1v) is 13.0. The molecule has 6 heteroatoms. The van der Waals surface area contributed by atoms with E-state index in [-0.39, 0.29) is 10.9 Å². The highest BCUT2D eigenvalue weighted by atomic mass is 35.5. The quantitative estimate of drug-likeness (QED) is 0.230. The molecule has 1 atom stereocenters. The first-order chi connectivity index (χ1) is 17.2. The normalized spacial score (nSPS) is 13.0. The first kappa shape index (κ1) is 29.4. The Morgan fingerprint density at radius 2 is 1.86 bits per heavy atom. The van der Waals surface area contributed by atoms with Gasteiger partial charge in [-0.1, -0.05) is 68.6 Å². The average molecular weight is 527 g/mol. The number of aryl methyl sites for hydroxylation is 1. The van der Waals surface area contributed by atoms with Crippen LogP contribution in [0.15, 0.2) is 64.8 Å². The summed E-state index contributed by atoms with van der Waals surface area (Å²) in [6, 6.07) is 13.1. The van der Waals surface area contributed by atoms with Gasteiger partial charge < -0.3 is 4.98 Å². The summed E-state index contributed by atoms with van der Waals surface area (Å²) in [7, 11) is 0. The van der Waals surface area contributed by atoms with Gasteiger partial charge in [0.05, 0.1) is 11.1 Å². The molecule has 1 aromatic heterocycles. The molecule has 0 spiro atoms. The molecular weight excluding hydrogens is 492 g/mol. The third-order valence-corrected chi connectivity index (χ3v) is 6.38. The number of unbranched alkanes of at least 4 members (excludes halogenated alkanes) is 1. The predicted octanol–water partition coefficient (Wildman–Crippen LogP) is 9.95. The number of H-pyrrole nitrogens is 1. The maximum atomic E-state index is 13.8. The Morgan fingerprint density at radius 3 is 2.47 bits per heavy atom. The number of nitrogens with zero attached hydrogens (tertiary/aromatic N) is 2. The molecule has 0 saturated carbocycles. The van der Waals surface area contributed by atoms with E-state index in [1.54, 1.807) is 25.3 Å². The number of nitrogens with one attached hydrogen (secondary N) is 1. The van der Waals surface area contributed by atoms with Crippen molar-refractivity contribution in [1.82, 2.24) is 4.98 Å². The van der Waals surface area contributed by atoms with E-state index in [0.29, 0.717) is 5.57 Å². The van der Waals surface area contributed by atoms with Gasteiger partial charge in [0.15, 0.2) is 0 Å². The van der Waals surface area contributed by atoms with Gasteiger partial charge in [-0.2, -0.15) is 5.26 Å². The number of nitriles is 1. The van der Waals surface area contributed by atoms with E-state index >= 15 is 0 Å². The minimum Gasteiger partial charge on any atom is -0.358 e. The van der Waals surface area contributed by atoms with Gasteiger partial charge in [-0.25, -0.2) is 4.39 Å². The van der Waals surface area contributed by atoms with Crippen LogP contribution < -0.4 is 0 Å². The van der Waals surface area contributed by atoms with Crippen molar-refractivity contribution in [2.75, 3.05) is 0 Å². The molecule has 3 nitrogen and oxygen atoms in total. The molecule has 3 aromatic rings. The van der Waals surface area contributed by atoms with Gasteiger partial charge in [0.2, 0.25) is 0 Å². The lowest BCUT2D eigenvalue weighted by Crippen LogP contribution is -2.00. The Balaban J connectivity index is 0.000000324. The number of rotatable bonds is 8. The highest BCUT2D eigenvalue weighted by Crippen LogP contribution is 2.35. The number of aliphatic imine (C=N–C) groups is 1. The van der Waals surface area contributed by atoms with Crippen molar-refractivity contribution in [1.29, 1.82) is 5.26 Å². The SMILES string of the molecule is CC/C=C(C)/N=C/C=C(\C)C#N.CCCCc1c(C(C)c2ccc(Cl)cc2)[nH]c2cc(F)c(Cl)cc12. The molecule has 2 aromatic carbocycles. The summed E-state index contributed by atoms with van der Waals surface area (Å²) in [5.41, 5.74) is 6.00. The van der Waals surface area contributed by atoms with Crippen LogP contribution in [0.1, 0.15) is 76.6 Å². The molecule has 0 amide bonds. The number of hydrogen-bond acceptors (Lipinski definition) is 2. The minimum absolute atomic E-state index is 0.170. The van der Waals surface area contributed by atoms with Crippen molar-refractivity contribution >= 4 is 40.3 Å². The van der Waals surface area contributed by atoms with Crippen LogP contribution in [0.25, 0.3) is 10.9 Å². The number of aromatic amines is 1. The van der Waals surface area contributed by atoms with E-state index in [2.05, 4.69) is 30.7 Å². The molecule has 0 aliphatic rings. The summed E-state index contributed by atoms with van der Waals surface area (Å²) in [4.78, 5) is 7.53. The smallest absolute Gasteiger partial charge is 0.143 e. The second-order valence-corrected chi connectivity index (χ2v) is 9.54. The summed E-state index contributed by atoms with van der Waals surface area (Å²) in [5, 5.41) is 10.3. The van der Waals surface area contributed by atoms with Gasteiger partial charge >= 0.3 is 0 Å². The molecule has 0 radical (unpaired) electrons. The van der Waals surface area contributed by atoms with Crippen molar-refractivity contribution in [3.05, 3.63) is 92.5 Å². The standard InChI is InChI=1S/C20H20Cl2FN.C10H14N2/c1-3-4-5-15-16-10-17(22)18(23)11-19(16)24-20(15)12(2)13-6-8-14(21)9-7-13;1-4-5-10(3)12-7-6-9(2)8-11/h6-12,24H,3-5H2,1-2H3;5-7H,4H2,1-3H3/b;9-6+,10-5+,12-7+. The van der Waals surface area contributed by atoms with Crippen LogP contribution in [-0.4, -0.2) is 11.2 Å². The number of hydrogen-bond donors (Lipinski definition) is 1. The topological polar surface area (TPSA) is 51.9 Å². The maximum Gasteiger partial charge on any atom is 0.143 e. The molecule has 190 valence electrons. The Kier molecular flexibility index (Phi) is 11.9. The van der Waals surface area contributed by atoms with Crippen LogP contribution in [0, 0.1) is 17.1 Å². The minimum atomic E-state index is -0.391. The van der Waals surface area contributed by atoms with Crippen molar-refractivity contribution in [3.63, 3.8) is 0 Å². The van der Waals surface area contributed by atoms with Crippen LogP contribution in [0.2, 0.25) is 10.0 Å². The molecule has 36 heavy (non-hydrogen) atoms. The molecule has 1 unspecified atom stereocenters. The van der Waals surface area contributed by atoms with Gasteiger partial charge in [0.1, 0.15) is 5.82 Å². The number of allylic oxidation sites excluding steroid dienone is 4. The fourth-order valence-corrected chi connectivity index (χ4v) is 4.12. The molecule has 0 bridgehead atoms. The van der Waals surface area contributed by atoms with Crippen molar-refractivity contribution < 1.29 is 4.39 Å². The molecule has 1 N–H and O–H groups in total. The molecule has 0 saturated heterocycles. The van der Waals surface area contributed by atoms with Gasteiger partial charge in [0.25, 0.3) is 0 Å². The lowest BCUT2D eigenvalue weighted by Gasteiger charge is -2.14. The van der Waals surface area contributed by atoms with Gasteiger partial charge in [-0.15, -0.1) is 0 Å². The summed E-state index contributed by atoms with van der Waals surface area (Å²) < 4.78 is 13.8. The Hall–Kier alpha value is -2.87. The van der Waals surface area contributed by atoms with Crippen molar-refractivity contribution in [2.45, 2.75) is 66.2 Å². The molecule has 0 aliphatic heterocycles. The van der Waals surface area contributed by atoms with E-state index in [4.69, 9.17) is 28.5 Å². The molecule has 0 aliphatic carbocycles. The average Bonchev–Trinajstić information content (AvgIpc) is 3.20. The van der Waals surface area contributed by atoms with Crippen LogP contribution >= 0.6 is 23.2 Å². The van der Waals surface area contributed by atoms with Gasteiger partial charge in [-0.05, 0) is 74.6 Å². The number of fused-ring (bicyclic) bond motifs is 1. The van der Waals surface area contributed by atoms with Crippen molar-refractivity contribution in [3.8, 4) is 6.07 Å². The summed E-state index contributed by atoms with van der Waals surface area (Å²) in [6.07, 6.45) is 9.52. The van der Waals surface area contributed by atoms with E-state index in [1.165, 1.54) is 17.2 Å². The van der Waals surface area contributed by atoms with E-state index in [0.717, 1.165) is 53.0 Å². The highest BCUT2D eigenvalue weighted by Gasteiger charge is 2.19. The fraction of sp³-hybridized carbons (Fsp3) is 0.333. The number of benzene rings is 2. The van der Waals surface area contributed by atoms with E-state index in [9.17, 15) is 4.39 Å². The number of halogens is 3. The summed E-state index contributed by atoms with van der Waals surface area (Å²) in [5.74, 6) is -0.221. The Morgan fingerprint density at radius 1 is 1.17 bits per heavy atom. The Bertz CT molecular complexity index is 1280. The highest BCUT2D eigenvalue weighted by molar-refractivity contribution is 6.31. The molecule has 3 rings (SSSR count). The molecular formula is C30H34Cl2FN3. The monoisotopic (exact) mass is 525 g/mol. The number of aromatic nitrogens is 1. The first-order valence-electron chi connectivity index (χ1n) is 12.2. The zero-order valence-corrected chi connectivity index (χ0v) is 23.1. The molecule has 1 heterocycles. The summed E-state index contributed by atoms with van der Waals surface area (Å²) >= 11 is 12.0. The second-order valence-electron chi connectivity index (χ2n) is 8.70. The van der Waals surface area contributed by atoms with Crippen LogP contribution in [0.5, 0.6) is 0 Å². The largest absolute Gasteiger partial charge is 0.358 e. The third kappa shape index (κ3) is 8.36. The Labute approximate surface area is 224 Å². The van der Waals surface area contributed by atoms with Crippen LogP contribution in [-0.2, 0) is 6.42 Å². The lowest BCUT2D eigenvalue weighted by atomic mass is 9.92. The van der Waals surface area contributed by atoms with Crippen LogP contribution in [0.3, 0.4) is 0 Å². The maximum absolute atomic E-state index is 13.8. The lowest BCUT2D eigenvalue weighted by molar-refractivity contribution is 0.630. The predicted molar refractivity (Wildman–Crippen MR) is 153 cm³/mol. The van der Waals surface area contributed by atoms with Crippen molar-refractivity contribution in [2.24, 2.45) is 4.99 Å².